The fourth-order valence-corrected chi connectivity index (χ4v) is 4.24. The van der Waals surface area contributed by atoms with Gasteiger partial charge in [-0.05, 0) is 79.6 Å². The van der Waals surface area contributed by atoms with E-state index in [9.17, 15) is 14.7 Å². The topological polar surface area (TPSA) is 76.1 Å². The second kappa shape index (κ2) is 9.61. The van der Waals surface area contributed by atoms with Gasteiger partial charge in [-0.1, -0.05) is 23.7 Å². The first-order valence-corrected chi connectivity index (χ1v) is 11.2. The number of carbonyl (C=O) groups excluding carboxylic acids is 2. The van der Waals surface area contributed by atoms with E-state index in [0.717, 1.165) is 5.56 Å². The number of rotatable bonds is 6. The Hall–Kier alpha value is -3.77. The number of aliphatic hydroxyl groups is 1. The van der Waals surface area contributed by atoms with Gasteiger partial charge in [-0.3, -0.25) is 14.5 Å². The molecular weight excluding hydrogens is 454 g/mol. The molecule has 1 amide bonds. The Morgan fingerprint density at radius 1 is 1.03 bits per heavy atom. The van der Waals surface area contributed by atoms with Crippen molar-refractivity contribution < 1.29 is 24.2 Å². The molecule has 174 valence electrons. The van der Waals surface area contributed by atoms with E-state index in [1.165, 1.54) is 4.90 Å². The molecule has 3 aromatic carbocycles. The van der Waals surface area contributed by atoms with Gasteiger partial charge >= 0.3 is 0 Å². The number of carbonyl (C=O) groups is 2. The molecule has 3 aromatic rings. The van der Waals surface area contributed by atoms with Gasteiger partial charge in [-0.15, -0.1) is 0 Å². The number of methoxy groups -OCH3 is 1. The van der Waals surface area contributed by atoms with Gasteiger partial charge in [0, 0.05) is 16.3 Å². The first-order chi connectivity index (χ1) is 16.3. The van der Waals surface area contributed by atoms with Gasteiger partial charge in [0.15, 0.2) is 0 Å². The van der Waals surface area contributed by atoms with Crippen LogP contribution in [0, 0.1) is 6.92 Å². The lowest BCUT2D eigenvalue weighted by atomic mass is 9.94. The van der Waals surface area contributed by atoms with Crippen molar-refractivity contribution in [3.63, 3.8) is 0 Å². The summed E-state index contributed by atoms with van der Waals surface area (Å²) in [6, 6.07) is 18.0. The summed E-state index contributed by atoms with van der Waals surface area (Å²) in [6.45, 7) is 4.23. The first kappa shape index (κ1) is 23.4. The Balaban J connectivity index is 1.88. The van der Waals surface area contributed by atoms with Crippen LogP contribution in [0.3, 0.4) is 0 Å². The summed E-state index contributed by atoms with van der Waals surface area (Å²) in [4.78, 5) is 27.9. The summed E-state index contributed by atoms with van der Waals surface area (Å²) >= 11 is 6.08. The lowest BCUT2D eigenvalue weighted by molar-refractivity contribution is -0.132. The summed E-state index contributed by atoms with van der Waals surface area (Å²) < 4.78 is 10.8. The highest BCUT2D eigenvalue weighted by Crippen LogP contribution is 2.43. The Bertz CT molecular complexity index is 1270. The van der Waals surface area contributed by atoms with Crippen LogP contribution in [0.1, 0.15) is 29.7 Å². The largest absolute Gasteiger partial charge is 0.507 e. The predicted octanol–water partition coefficient (Wildman–Crippen LogP) is 5.68. The molecule has 1 atom stereocenters. The fraction of sp³-hybridized carbons (Fsp3) is 0.185. The molecule has 1 N–H and O–H groups in total. The van der Waals surface area contributed by atoms with Crippen LogP contribution in [0.5, 0.6) is 11.5 Å². The highest BCUT2D eigenvalue weighted by Gasteiger charge is 2.47. The maximum atomic E-state index is 13.2. The molecule has 1 aliphatic rings. The number of hydrogen-bond acceptors (Lipinski definition) is 5. The van der Waals surface area contributed by atoms with E-state index in [0.29, 0.717) is 39.9 Å². The number of ketones is 1. The van der Waals surface area contributed by atoms with Crippen LogP contribution in [0.4, 0.5) is 5.69 Å². The average molecular weight is 478 g/mol. The molecule has 0 bridgehead atoms. The number of amides is 1. The first-order valence-electron chi connectivity index (χ1n) is 10.8. The quantitative estimate of drug-likeness (QED) is 0.281. The van der Waals surface area contributed by atoms with Gasteiger partial charge in [0.1, 0.15) is 17.3 Å². The number of nitrogens with zero attached hydrogens (tertiary/aromatic N) is 1. The highest BCUT2D eigenvalue weighted by molar-refractivity contribution is 6.51. The number of aliphatic hydroxyl groups excluding tert-OH is 1. The number of benzene rings is 3. The Kier molecular flexibility index (Phi) is 6.61. The van der Waals surface area contributed by atoms with Crippen LogP contribution >= 0.6 is 11.6 Å². The fourth-order valence-electron chi connectivity index (χ4n) is 4.11. The second-order valence-corrected chi connectivity index (χ2v) is 8.27. The molecule has 7 heteroatoms. The molecule has 6 nitrogen and oxygen atoms in total. The minimum Gasteiger partial charge on any atom is -0.507 e. The van der Waals surface area contributed by atoms with Crippen LogP contribution in [0.25, 0.3) is 5.76 Å². The van der Waals surface area contributed by atoms with Gasteiger partial charge in [0.2, 0.25) is 0 Å². The number of ether oxygens (including phenoxy) is 2. The molecular formula is C27H24ClNO5. The van der Waals surface area contributed by atoms with E-state index in [1.807, 2.05) is 13.8 Å². The summed E-state index contributed by atoms with van der Waals surface area (Å²) in [5.41, 5.74) is 2.36. The third kappa shape index (κ3) is 4.24. The summed E-state index contributed by atoms with van der Waals surface area (Å²) in [6.07, 6.45) is 0. The molecule has 1 saturated heterocycles. The lowest BCUT2D eigenvalue weighted by Crippen LogP contribution is -2.29. The van der Waals surface area contributed by atoms with E-state index in [4.69, 9.17) is 21.1 Å². The van der Waals surface area contributed by atoms with Gasteiger partial charge in [-0.25, -0.2) is 0 Å². The number of hydrogen-bond donors (Lipinski definition) is 1. The van der Waals surface area contributed by atoms with E-state index >= 15 is 0 Å². The normalized spacial score (nSPS) is 17.2. The monoisotopic (exact) mass is 477 g/mol. The smallest absolute Gasteiger partial charge is 0.300 e. The maximum absolute atomic E-state index is 13.2. The van der Waals surface area contributed by atoms with E-state index in [1.54, 1.807) is 73.8 Å². The second-order valence-electron chi connectivity index (χ2n) is 7.83. The van der Waals surface area contributed by atoms with Crippen molar-refractivity contribution in [3.05, 3.63) is 94.0 Å². The zero-order valence-electron chi connectivity index (χ0n) is 19.0. The molecule has 1 aliphatic heterocycles. The number of aryl methyl sites for hydroxylation is 1. The van der Waals surface area contributed by atoms with Crippen LogP contribution in [0.15, 0.2) is 72.3 Å². The zero-order valence-corrected chi connectivity index (χ0v) is 19.8. The number of Topliss-reactive ketones (excluding diaryl/α,β-unsaturated/α-hetero) is 1. The van der Waals surface area contributed by atoms with Crippen molar-refractivity contribution in [1.29, 1.82) is 0 Å². The third-order valence-corrected chi connectivity index (χ3v) is 5.98. The minimum absolute atomic E-state index is 0.00535. The lowest BCUT2D eigenvalue weighted by Gasteiger charge is -2.25. The van der Waals surface area contributed by atoms with Crippen LogP contribution < -0.4 is 14.4 Å². The summed E-state index contributed by atoms with van der Waals surface area (Å²) in [5, 5.41) is 11.8. The van der Waals surface area contributed by atoms with Crippen molar-refractivity contribution in [2.75, 3.05) is 18.6 Å². The minimum atomic E-state index is -0.836. The van der Waals surface area contributed by atoms with Gasteiger partial charge in [-0.2, -0.15) is 0 Å². The molecule has 34 heavy (non-hydrogen) atoms. The summed E-state index contributed by atoms with van der Waals surface area (Å²) in [5.74, 6) is -0.437. The maximum Gasteiger partial charge on any atom is 0.300 e. The Labute approximate surface area is 203 Å². The molecule has 4 rings (SSSR count). The Morgan fingerprint density at radius 3 is 2.29 bits per heavy atom. The molecule has 1 unspecified atom stereocenters. The van der Waals surface area contributed by atoms with Gasteiger partial charge in [0.25, 0.3) is 11.7 Å². The van der Waals surface area contributed by atoms with E-state index in [2.05, 4.69) is 0 Å². The van der Waals surface area contributed by atoms with Crippen molar-refractivity contribution >= 4 is 34.7 Å². The van der Waals surface area contributed by atoms with Crippen molar-refractivity contribution in [3.8, 4) is 11.5 Å². The van der Waals surface area contributed by atoms with Crippen molar-refractivity contribution in [2.24, 2.45) is 0 Å². The van der Waals surface area contributed by atoms with E-state index in [-0.39, 0.29) is 11.3 Å². The van der Waals surface area contributed by atoms with E-state index < -0.39 is 17.7 Å². The van der Waals surface area contributed by atoms with Crippen molar-refractivity contribution in [1.82, 2.24) is 0 Å². The van der Waals surface area contributed by atoms with Gasteiger partial charge < -0.3 is 14.6 Å². The number of halogens is 1. The molecule has 0 saturated carbocycles. The summed E-state index contributed by atoms with van der Waals surface area (Å²) in [7, 11) is 1.56. The third-order valence-electron chi connectivity index (χ3n) is 5.72. The molecule has 1 fully saturated rings. The Morgan fingerprint density at radius 2 is 1.71 bits per heavy atom. The molecule has 1 heterocycles. The molecule has 0 aliphatic carbocycles. The molecule has 0 aromatic heterocycles. The van der Waals surface area contributed by atoms with Gasteiger partial charge in [0.05, 0.1) is 25.3 Å². The SMILES string of the molecule is CCOc1ccc(N2C(=O)C(=O)/C(=C(\O)c3ccc(OC)c(C)c3)C2c2ccc(Cl)cc2)cc1. The highest BCUT2D eigenvalue weighted by atomic mass is 35.5. The van der Waals surface area contributed by atoms with Crippen LogP contribution in [-0.2, 0) is 9.59 Å². The molecule has 0 radical (unpaired) electrons. The van der Waals surface area contributed by atoms with Crippen molar-refractivity contribution in [2.45, 2.75) is 19.9 Å². The molecule has 0 spiro atoms. The predicted molar refractivity (Wildman–Crippen MR) is 132 cm³/mol. The zero-order chi connectivity index (χ0) is 24.4. The average Bonchev–Trinajstić information content (AvgIpc) is 3.10. The van der Waals surface area contributed by atoms with Crippen LogP contribution in [0.2, 0.25) is 5.02 Å². The van der Waals surface area contributed by atoms with Crippen LogP contribution in [-0.4, -0.2) is 30.5 Å². The standard InChI is InChI=1S/C27H24ClNO5/c1-4-34-21-12-10-20(11-13-21)29-24(17-5-8-19(28)9-6-17)23(26(31)27(29)32)25(30)18-7-14-22(33-3)16(2)15-18/h5-15,24,30H,4H2,1-3H3/b25-23-. The number of anilines is 1.